The van der Waals surface area contributed by atoms with E-state index in [9.17, 15) is 8.42 Å². The van der Waals surface area contributed by atoms with Gasteiger partial charge in [-0.3, -0.25) is 4.98 Å². The monoisotopic (exact) mass is 293 g/mol. The molecule has 2 rings (SSSR count). The van der Waals surface area contributed by atoms with Gasteiger partial charge in [-0.1, -0.05) is 0 Å². The number of nitrogens with one attached hydrogen (secondary N) is 2. The highest BCUT2D eigenvalue weighted by atomic mass is 32.2. The third kappa shape index (κ3) is 3.29. The molecule has 0 saturated carbocycles. The number of sulfonamides is 1. The number of pyridine rings is 2. The van der Waals surface area contributed by atoms with Gasteiger partial charge in [-0.25, -0.2) is 24.0 Å². The van der Waals surface area contributed by atoms with Gasteiger partial charge in [0, 0.05) is 31.2 Å². The third-order valence-corrected chi connectivity index (χ3v) is 4.19. The Balaban J connectivity index is 2.17. The van der Waals surface area contributed by atoms with Gasteiger partial charge in [0.25, 0.3) is 0 Å². The largest absolute Gasteiger partial charge is 0.308 e. The van der Waals surface area contributed by atoms with Crippen molar-refractivity contribution in [2.45, 2.75) is 18.4 Å². The summed E-state index contributed by atoms with van der Waals surface area (Å²) in [5.41, 5.74) is 4.10. The number of rotatable bonds is 5. The van der Waals surface area contributed by atoms with Crippen molar-refractivity contribution in [3.05, 3.63) is 47.9 Å². The lowest BCUT2D eigenvalue weighted by Gasteiger charge is -2.09. The van der Waals surface area contributed by atoms with Crippen molar-refractivity contribution < 1.29 is 8.42 Å². The smallest absolute Gasteiger partial charge is 0.241 e. The molecular weight excluding hydrogens is 278 g/mol. The Hall–Kier alpha value is -2.03. The number of hydrogen-bond donors (Lipinski definition) is 3. The summed E-state index contributed by atoms with van der Waals surface area (Å²) in [6.07, 6.45) is 4.67. The first-order valence-corrected chi connectivity index (χ1v) is 7.33. The van der Waals surface area contributed by atoms with Crippen LogP contribution in [0.2, 0.25) is 0 Å². The maximum atomic E-state index is 12.2. The van der Waals surface area contributed by atoms with Crippen molar-refractivity contribution >= 4 is 15.8 Å². The number of nitrogens with zero attached hydrogens (tertiary/aromatic N) is 2. The molecule has 0 aliphatic carbocycles. The van der Waals surface area contributed by atoms with Gasteiger partial charge >= 0.3 is 0 Å². The first-order chi connectivity index (χ1) is 9.53. The average Bonchev–Trinajstić information content (AvgIpc) is 2.46. The molecule has 2 heterocycles. The fourth-order valence-electron chi connectivity index (χ4n) is 1.60. The van der Waals surface area contributed by atoms with Crippen molar-refractivity contribution in [1.82, 2.24) is 14.7 Å². The summed E-state index contributed by atoms with van der Waals surface area (Å²) in [6.45, 7) is 2.07. The Morgan fingerprint density at radius 3 is 2.80 bits per heavy atom. The molecule has 0 radical (unpaired) electrons. The van der Waals surface area contributed by atoms with E-state index in [1.54, 1.807) is 12.4 Å². The molecule has 2 aromatic heterocycles. The van der Waals surface area contributed by atoms with E-state index in [0.717, 1.165) is 11.1 Å². The van der Waals surface area contributed by atoms with Crippen LogP contribution in [-0.4, -0.2) is 18.4 Å². The average molecular weight is 293 g/mol. The maximum Gasteiger partial charge on any atom is 0.241 e. The van der Waals surface area contributed by atoms with Gasteiger partial charge in [-0.2, -0.15) is 0 Å². The normalized spacial score (nSPS) is 11.3. The molecule has 0 aliphatic heterocycles. The standard InChI is InChI=1S/C12H15N5O2S/c1-9-2-4-14-7-10(9)8-16-20(18,19)11-3-5-15-12(6-11)17-13/h2-7,16H,8,13H2,1H3,(H,15,17). The summed E-state index contributed by atoms with van der Waals surface area (Å²) < 4.78 is 26.8. The van der Waals surface area contributed by atoms with Gasteiger partial charge in [0.05, 0.1) is 4.90 Å². The summed E-state index contributed by atoms with van der Waals surface area (Å²) in [5.74, 6) is 5.49. The minimum atomic E-state index is -3.62. The molecule has 2 aromatic rings. The van der Waals surface area contributed by atoms with E-state index in [0.29, 0.717) is 0 Å². The molecule has 0 spiro atoms. The van der Waals surface area contributed by atoms with E-state index in [2.05, 4.69) is 20.1 Å². The van der Waals surface area contributed by atoms with Crippen LogP contribution >= 0.6 is 0 Å². The van der Waals surface area contributed by atoms with Crippen LogP contribution in [0.4, 0.5) is 5.82 Å². The molecule has 0 bridgehead atoms. The van der Waals surface area contributed by atoms with Crippen LogP contribution in [0.25, 0.3) is 0 Å². The second kappa shape index (κ2) is 5.95. The van der Waals surface area contributed by atoms with Crippen molar-refractivity contribution in [2.75, 3.05) is 5.43 Å². The molecule has 106 valence electrons. The zero-order chi connectivity index (χ0) is 14.6. The Morgan fingerprint density at radius 1 is 1.30 bits per heavy atom. The highest BCUT2D eigenvalue weighted by Gasteiger charge is 2.15. The third-order valence-electron chi connectivity index (χ3n) is 2.79. The highest BCUT2D eigenvalue weighted by molar-refractivity contribution is 7.89. The van der Waals surface area contributed by atoms with Gasteiger partial charge in [0.1, 0.15) is 5.82 Å². The van der Waals surface area contributed by atoms with Gasteiger partial charge < -0.3 is 5.43 Å². The van der Waals surface area contributed by atoms with Crippen LogP contribution in [0.15, 0.2) is 41.7 Å². The molecule has 0 aromatic carbocycles. The van der Waals surface area contributed by atoms with E-state index in [4.69, 9.17) is 5.84 Å². The quantitative estimate of drug-likeness (QED) is 0.548. The van der Waals surface area contributed by atoms with Crippen molar-refractivity contribution in [3.8, 4) is 0 Å². The molecule has 0 amide bonds. The number of hydrogen-bond acceptors (Lipinski definition) is 6. The number of nitrogens with two attached hydrogens (primary N) is 1. The second-order valence-electron chi connectivity index (χ2n) is 4.15. The van der Waals surface area contributed by atoms with Crippen LogP contribution in [0.1, 0.15) is 11.1 Å². The molecular formula is C12H15N5O2S. The Bertz CT molecular complexity index is 702. The molecule has 0 aliphatic rings. The fraction of sp³-hybridized carbons (Fsp3) is 0.167. The molecule has 0 fully saturated rings. The van der Waals surface area contributed by atoms with E-state index in [-0.39, 0.29) is 17.3 Å². The van der Waals surface area contributed by atoms with Crippen LogP contribution in [0.3, 0.4) is 0 Å². The SMILES string of the molecule is Cc1ccncc1CNS(=O)(=O)c1ccnc(NN)c1. The van der Waals surface area contributed by atoms with Gasteiger partial charge in [0.2, 0.25) is 10.0 Å². The molecule has 20 heavy (non-hydrogen) atoms. The van der Waals surface area contributed by atoms with Crippen LogP contribution in [-0.2, 0) is 16.6 Å². The van der Waals surface area contributed by atoms with E-state index < -0.39 is 10.0 Å². The van der Waals surface area contributed by atoms with E-state index in [1.165, 1.54) is 18.3 Å². The fourth-order valence-corrected chi connectivity index (χ4v) is 2.61. The van der Waals surface area contributed by atoms with Crippen LogP contribution < -0.4 is 16.0 Å². The van der Waals surface area contributed by atoms with Crippen LogP contribution in [0, 0.1) is 6.92 Å². The van der Waals surface area contributed by atoms with Gasteiger partial charge in [-0.05, 0) is 30.2 Å². The lowest BCUT2D eigenvalue weighted by molar-refractivity contribution is 0.581. The van der Waals surface area contributed by atoms with E-state index >= 15 is 0 Å². The van der Waals surface area contributed by atoms with Crippen LogP contribution in [0.5, 0.6) is 0 Å². The number of aromatic nitrogens is 2. The molecule has 0 atom stereocenters. The van der Waals surface area contributed by atoms with Crippen molar-refractivity contribution in [1.29, 1.82) is 0 Å². The first-order valence-electron chi connectivity index (χ1n) is 5.85. The molecule has 7 nitrogen and oxygen atoms in total. The predicted molar refractivity (Wildman–Crippen MR) is 75.0 cm³/mol. The summed E-state index contributed by atoms with van der Waals surface area (Å²) >= 11 is 0. The van der Waals surface area contributed by atoms with E-state index in [1.807, 2.05) is 13.0 Å². The number of hydrazine groups is 1. The van der Waals surface area contributed by atoms with Crippen molar-refractivity contribution in [3.63, 3.8) is 0 Å². The summed E-state index contributed by atoms with van der Waals surface area (Å²) in [7, 11) is -3.62. The number of anilines is 1. The second-order valence-corrected chi connectivity index (χ2v) is 5.91. The first kappa shape index (κ1) is 14.4. The Morgan fingerprint density at radius 2 is 2.10 bits per heavy atom. The number of nitrogen functional groups attached to an aromatic ring is 1. The molecule has 0 saturated heterocycles. The Labute approximate surface area is 117 Å². The van der Waals surface area contributed by atoms with Crippen molar-refractivity contribution in [2.24, 2.45) is 5.84 Å². The summed E-state index contributed by atoms with van der Waals surface area (Å²) in [4.78, 5) is 7.94. The molecule has 0 unspecified atom stereocenters. The lowest BCUT2D eigenvalue weighted by Crippen LogP contribution is -2.24. The maximum absolute atomic E-state index is 12.2. The summed E-state index contributed by atoms with van der Waals surface area (Å²) in [6, 6.07) is 4.59. The molecule has 4 N–H and O–H groups in total. The highest BCUT2D eigenvalue weighted by Crippen LogP contribution is 2.13. The topological polar surface area (TPSA) is 110 Å². The minimum absolute atomic E-state index is 0.0991. The summed E-state index contributed by atoms with van der Waals surface area (Å²) in [5, 5.41) is 0. The molecule has 8 heteroatoms. The Kier molecular flexibility index (Phi) is 4.28. The predicted octanol–water partition coefficient (Wildman–Crippen LogP) is 0.549. The zero-order valence-electron chi connectivity index (χ0n) is 10.9. The van der Waals surface area contributed by atoms with Gasteiger partial charge in [-0.15, -0.1) is 0 Å². The van der Waals surface area contributed by atoms with Gasteiger partial charge in [0.15, 0.2) is 0 Å². The zero-order valence-corrected chi connectivity index (χ0v) is 11.7. The minimum Gasteiger partial charge on any atom is -0.308 e. The number of aryl methyl sites for hydroxylation is 1. The lowest BCUT2D eigenvalue weighted by atomic mass is 10.2.